The number of aromatic carboxylic acids is 1. The van der Waals surface area contributed by atoms with Gasteiger partial charge in [-0.2, -0.15) is 0 Å². The molecule has 1 heterocycles. The molecule has 2 aromatic rings. The molecule has 2 rings (SSSR count). The summed E-state index contributed by atoms with van der Waals surface area (Å²) in [6, 6.07) is 8.43. The lowest BCUT2D eigenvalue weighted by Gasteiger charge is -2.12. The number of hydrogen-bond acceptors (Lipinski definition) is 4. The molecule has 0 bridgehead atoms. The summed E-state index contributed by atoms with van der Waals surface area (Å²) in [6.07, 6.45) is 0.680. The summed E-state index contributed by atoms with van der Waals surface area (Å²) >= 11 is 0. The maximum atomic E-state index is 11.9. The van der Waals surface area contributed by atoms with Gasteiger partial charge in [-0.1, -0.05) is 11.6 Å². The Morgan fingerprint density at radius 2 is 1.95 bits per heavy atom. The lowest BCUT2D eigenvalue weighted by Crippen LogP contribution is -2.25. The van der Waals surface area contributed by atoms with Crippen molar-refractivity contribution in [2.24, 2.45) is 0 Å². The molecule has 1 N–H and O–H groups in total. The van der Waals surface area contributed by atoms with Crippen molar-refractivity contribution in [2.45, 2.75) is 26.7 Å². The number of anilines is 1. The van der Waals surface area contributed by atoms with Gasteiger partial charge in [-0.15, -0.1) is 0 Å². The Kier molecular flexibility index (Phi) is 4.42. The van der Waals surface area contributed by atoms with E-state index in [1.54, 1.807) is 19.1 Å². The summed E-state index contributed by atoms with van der Waals surface area (Å²) in [5.74, 6) is -0.0547. The van der Waals surface area contributed by atoms with Crippen molar-refractivity contribution in [1.29, 1.82) is 0 Å². The van der Waals surface area contributed by atoms with Crippen LogP contribution in [0.5, 0.6) is 0 Å². The van der Waals surface area contributed by atoms with Crippen molar-refractivity contribution < 1.29 is 19.1 Å². The Labute approximate surface area is 122 Å². The Balaban J connectivity index is 2.01. The molecule has 0 fully saturated rings. The smallest absolute Gasteiger partial charge is 0.224 e. The molecule has 0 radical (unpaired) electrons. The number of nitrogens with one attached hydrogen (secondary N) is 1. The van der Waals surface area contributed by atoms with E-state index in [0.29, 0.717) is 6.42 Å². The first-order valence-corrected chi connectivity index (χ1v) is 6.63. The molecular weight excluding hydrogens is 270 g/mol. The molecule has 110 valence electrons. The van der Waals surface area contributed by atoms with Crippen LogP contribution in [-0.2, 0) is 11.2 Å². The normalized spacial score (nSPS) is 10.4. The molecule has 0 aliphatic carbocycles. The van der Waals surface area contributed by atoms with Crippen molar-refractivity contribution in [1.82, 2.24) is 0 Å². The van der Waals surface area contributed by atoms with E-state index >= 15 is 0 Å². The first-order chi connectivity index (χ1) is 9.95. The van der Waals surface area contributed by atoms with Crippen molar-refractivity contribution >= 4 is 17.6 Å². The quantitative estimate of drug-likeness (QED) is 0.909. The van der Waals surface area contributed by atoms with Gasteiger partial charge in [0, 0.05) is 24.1 Å². The van der Waals surface area contributed by atoms with E-state index in [-0.39, 0.29) is 23.6 Å². The van der Waals surface area contributed by atoms with E-state index in [0.717, 1.165) is 17.1 Å². The molecule has 0 saturated heterocycles. The van der Waals surface area contributed by atoms with Crippen LogP contribution in [0.2, 0.25) is 0 Å². The molecule has 0 spiro atoms. The van der Waals surface area contributed by atoms with Crippen LogP contribution in [0.3, 0.4) is 0 Å². The van der Waals surface area contributed by atoms with Gasteiger partial charge >= 0.3 is 0 Å². The summed E-state index contributed by atoms with van der Waals surface area (Å²) in [6.45, 7) is 3.61. The molecule has 1 amide bonds. The highest BCUT2D eigenvalue weighted by Crippen LogP contribution is 2.17. The Bertz CT molecular complexity index is 673. The highest BCUT2D eigenvalue weighted by molar-refractivity contribution is 5.99. The van der Waals surface area contributed by atoms with Crippen LogP contribution < -0.4 is 10.4 Å². The summed E-state index contributed by atoms with van der Waals surface area (Å²) in [5.41, 5.74) is 1.02. The summed E-state index contributed by atoms with van der Waals surface area (Å²) < 4.78 is 5.38. The fourth-order valence-corrected chi connectivity index (χ4v) is 2.00. The van der Waals surface area contributed by atoms with Gasteiger partial charge in [0.1, 0.15) is 11.5 Å². The number of carboxylic acids is 1. The number of benzene rings is 1. The highest BCUT2D eigenvalue weighted by atomic mass is 16.4. The Morgan fingerprint density at radius 3 is 2.57 bits per heavy atom. The average molecular weight is 286 g/mol. The molecular formula is C16H16NO4-. The van der Waals surface area contributed by atoms with Crippen molar-refractivity contribution in [3.8, 4) is 0 Å². The number of carboxylic acid groups (broad SMARTS) is 1. The number of aryl methyl sites for hydroxylation is 3. The number of rotatable bonds is 5. The van der Waals surface area contributed by atoms with Crippen LogP contribution in [0.4, 0.5) is 5.69 Å². The van der Waals surface area contributed by atoms with Crippen LogP contribution in [0.25, 0.3) is 0 Å². The fraction of sp³-hybridized carbons (Fsp3) is 0.250. The van der Waals surface area contributed by atoms with Gasteiger partial charge < -0.3 is 19.6 Å². The molecule has 0 saturated carbocycles. The van der Waals surface area contributed by atoms with Crippen LogP contribution in [-0.4, -0.2) is 11.9 Å². The zero-order valence-corrected chi connectivity index (χ0v) is 11.9. The third-order valence-electron chi connectivity index (χ3n) is 3.06. The van der Waals surface area contributed by atoms with Crippen molar-refractivity contribution in [3.63, 3.8) is 0 Å². The van der Waals surface area contributed by atoms with Crippen LogP contribution in [0.15, 0.2) is 34.7 Å². The molecule has 5 heteroatoms. The monoisotopic (exact) mass is 286 g/mol. The largest absolute Gasteiger partial charge is 0.545 e. The second-order valence-corrected chi connectivity index (χ2v) is 4.90. The number of carbonyl (C=O) groups excluding carboxylic acids is 2. The van der Waals surface area contributed by atoms with E-state index in [1.165, 1.54) is 6.07 Å². The maximum Gasteiger partial charge on any atom is 0.224 e. The Hall–Kier alpha value is -2.56. The Morgan fingerprint density at radius 1 is 1.19 bits per heavy atom. The van der Waals surface area contributed by atoms with Crippen molar-refractivity contribution in [3.05, 3.63) is 53.0 Å². The standard InChI is InChI=1S/C16H17NO4/c1-10-3-7-14(13(9-10)16(19)20)17-15(18)8-6-12-5-4-11(2)21-12/h3-5,7,9H,6,8H2,1-2H3,(H,17,18)(H,19,20)/p-1. The average Bonchev–Trinajstić information content (AvgIpc) is 2.84. The van der Waals surface area contributed by atoms with Gasteiger partial charge in [0.05, 0.1) is 5.97 Å². The topological polar surface area (TPSA) is 82.4 Å². The minimum absolute atomic E-state index is 0.0165. The number of carbonyl (C=O) groups is 2. The lowest BCUT2D eigenvalue weighted by molar-refractivity contribution is -0.254. The second-order valence-electron chi connectivity index (χ2n) is 4.90. The maximum absolute atomic E-state index is 11.9. The molecule has 0 unspecified atom stereocenters. The van der Waals surface area contributed by atoms with E-state index in [4.69, 9.17) is 4.42 Å². The van der Waals surface area contributed by atoms with Gasteiger partial charge in [-0.25, -0.2) is 0 Å². The molecule has 1 aromatic carbocycles. The zero-order chi connectivity index (χ0) is 15.4. The van der Waals surface area contributed by atoms with Crippen LogP contribution in [0.1, 0.15) is 33.9 Å². The van der Waals surface area contributed by atoms with E-state index in [9.17, 15) is 14.7 Å². The minimum Gasteiger partial charge on any atom is -0.545 e. The van der Waals surface area contributed by atoms with Crippen LogP contribution >= 0.6 is 0 Å². The third kappa shape index (κ3) is 3.95. The molecule has 1 aromatic heterocycles. The molecule has 0 aliphatic rings. The van der Waals surface area contributed by atoms with Crippen LogP contribution in [0, 0.1) is 13.8 Å². The second kappa shape index (κ2) is 6.26. The van der Waals surface area contributed by atoms with Gasteiger partial charge in [0.2, 0.25) is 5.91 Å². The van der Waals surface area contributed by atoms with E-state index < -0.39 is 5.97 Å². The van der Waals surface area contributed by atoms with E-state index in [1.807, 2.05) is 19.1 Å². The number of amides is 1. The first kappa shape index (κ1) is 14.8. The molecule has 5 nitrogen and oxygen atoms in total. The highest BCUT2D eigenvalue weighted by Gasteiger charge is 2.09. The molecule has 21 heavy (non-hydrogen) atoms. The lowest BCUT2D eigenvalue weighted by atomic mass is 10.1. The first-order valence-electron chi connectivity index (χ1n) is 6.63. The van der Waals surface area contributed by atoms with Gasteiger partial charge in [-0.05, 0) is 38.1 Å². The zero-order valence-electron chi connectivity index (χ0n) is 11.9. The summed E-state index contributed by atoms with van der Waals surface area (Å²) in [4.78, 5) is 22.9. The van der Waals surface area contributed by atoms with Gasteiger partial charge in [0.25, 0.3) is 0 Å². The van der Waals surface area contributed by atoms with Gasteiger partial charge in [0.15, 0.2) is 0 Å². The molecule has 0 atom stereocenters. The number of furan rings is 1. The number of hydrogen-bond donors (Lipinski definition) is 1. The molecule has 0 aliphatic heterocycles. The van der Waals surface area contributed by atoms with Gasteiger partial charge in [-0.3, -0.25) is 4.79 Å². The minimum atomic E-state index is -1.31. The van der Waals surface area contributed by atoms with Crippen molar-refractivity contribution in [2.75, 3.05) is 5.32 Å². The predicted molar refractivity (Wildman–Crippen MR) is 75.9 cm³/mol. The predicted octanol–water partition coefficient (Wildman–Crippen LogP) is 1.83. The summed E-state index contributed by atoms with van der Waals surface area (Å²) in [7, 11) is 0. The SMILES string of the molecule is Cc1ccc(NC(=O)CCc2ccc(C)o2)c(C(=O)[O-])c1. The third-order valence-corrected chi connectivity index (χ3v) is 3.06. The fourth-order valence-electron chi connectivity index (χ4n) is 2.00. The van der Waals surface area contributed by atoms with E-state index in [2.05, 4.69) is 5.32 Å². The summed E-state index contributed by atoms with van der Waals surface area (Å²) in [5, 5.41) is 13.7.